The van der Waals surface area contributed by atoms with E-state index in [1.54, 1.807) is 6.08 Å². The van der Waals surface area contributed by atoms with Crippen LogP contribution in [0.2, 0.25) is 0 Å². The summed E-state index contributed by atoms with van der Waals surface area (Å²) < 4.78 is 0. The summed E-state index contributed by atoms with van der Waals surface area (Å²) in [6, 6.07) is 0. The Balaban J connectivity index is 3.59. The third-order valence-corrected chi connectivity index (χ3v) is 1.92. The van der Waals surface area contributed by atoms with E-state index in [1.165, 1.54) is 0 Å². The van der Waals surface area contributed by atoms with Crippen LogP contribution in [-0.4, -0.2) is 35.5 Å². The molecule has 15 heavy (non-hydrogen) atoms. The van der Waals surface area contributed by atoms with Gasteiger partial charge in [0.25, 0.3) is 0 Å². The van der Waals surface area contributed by atoms with Gasteiger partial charge < -0.3 is 20.8 Å². The molecule has 0 unspecified atom stereocenters. The minimum Gasteiger partial charge on any atom is -0.465 e. The molecule has 0 saturated heterocycles. The topological polar surface area (TPSA) is 98.7 Å². The highest BCUT2D eigenvalue weighted by Crippen LogP contribution is 2.07. The quantitative estimate of drug-likeness (QED) is 0.479. The maximum absolute atomic E-state index is 10.1. The van der Waals surface area contributed by atoms with E-state index < -0.39 is 12.2 Å². The van der Waals surface area contributed by atoms with E-state index in [0.29, 0.717) is 25.9 Å². The molecule has 6 nitrogen and oxygen atoms in total. The highest BCUT2D eigenvalue weighted by molar-refractivity contribution is 5.64. The van der Waals surface area contributed by atoms with Crippen molar-refractivity contribution in [2.75, 3.05) is 13.1 Å². The van der Waals surface area contributed by atoms with Gasteiger partial charge in [-0.05, 0) is 18.8 Å². The highest BCUT2D eigenvalue weighted by Gasteiger charge is 2.05. The smallest absolute Gasteiger partial charge is 0.404 e. The molecule has 6 heteroatoms. The van der Waals surface area contributed by atoms with Crippen molar-refractivity contribution < 1.29 is 19.8 Å². The monoisotopic (exact) mass is 216 g/mol. The van der Waals surface area contributed by atoms with Gasteiger partial charge in [0.15, 0.2) is 0 Å². The van der Waals surface area contributed by atoms with Crippen LogP contribution in [0.4, 0.5) is 9.59 Å². The second-order valence-corrected chi connectivity index (χ2v) is 3.04. The Morgan fingerprint density at radius 3 is 1.80 bits per heavy atom. The number of amides is 2. The molecule has 0 heterocycles. The fourth-order valence-electron chi connectivity index (χ4n) is 1.11. The molecule has 0 radical (unpaired) electrons. The normalized spacial score (nSPS) is 9.67. The zero-order valence-electron chi connectivity index (χ0n) is 8.40. The third-order valence-electron chi connectivity index (χ3n) is 1.92. The van der Waals surface area contributed by atoms with E-state index in [0.717, 1.165) is 0 Å². The van der Waals surface area contributed by atoms with Crippen LogP contribution in [0.25, 0.3) is 0 Å². The van der Waals surface area contributed by atoms with Crippen molar-refractivity contribution in [3.63, 3.8) is 0 Å². The standard InChI is InChI=1S/C9H16N2O4/c1-2-7(3-5-10-8(12)13)4-6-11-9(14)15/h2,7,10-11H,1,3-6H2,(H,12,13)(H,14,15). The second kappa shape index (κ2) is 7.66. The van der Waals surface area contributed by atoms with Crippen molar-refractivity contribution in [2.45, 2.75) is 12.8 Å². The van der Waals surface area contributed by atoms with Crippen LogP contribution in [0.1, 0.15) is 12.8 Å². The molecule has 4 N–H and O–H groups in total. The van der Waals surface area contributed by atoms with Crippen molar-refractivity contribution in [1.82, 2.24) is 10.6 Å². The lowest BCUT2D eigenvalue weighted by atomic mass is 10.0. The molecule has 0 saturated carbocycles. The number of hydrogen-bond acceptors (Lipinski definition) is 2. The first kappa shape index (κ1) is 13.3. The van der Waals surface area contributed by atoms with Crippen LogP contribution in [-0.2, 0) is 0 Å². The molecular weight excluding hydrogens is 200 g/mol. The maximum atomic E-state index is 10.1. The minimum absolute atomic E-state index is 0.115. The maximum Gasteiger partial charge on any atom is 0.404 e. The first-order valence-electron chi connectivity index (χ1n) is 4.62. The van der Waals surface area contributed by atoms with Crippen molar-refractivity contribution in [1.29, 1.82) is 0 Å². The average molecular weight is 216 g/mol. The summed E-state index contributed by atoms with van der Waals surface area (Å²) in [6.45, 7) is 4.30. The highest BCUT2D eigenvalue weighted by atomic mass is 16.4. The SMILES string of the molecule is C=CC(CCNC(=O)O)CCNC(=O)O. The third kappa shape index (κ3) is 8.61. The Hall–Kier alpha value is -1.72. The molecule has 0 rings (SSSR count). The number of nitrogens with one attached hydrogen (secondary N) is 2. The average Bonchev–Trinajstić information content (AvgIpc) is 2.14. The van der Waals surface area contributed by atoms with Crippen LogP contribution >= 0.6 is 0 Å². The van der Waals surface area contributed by atoms with Crippen molar-refractivity contribution in [3.05, 3.63) is 12.7 Å². The molecule has 0 atom stereocenters. The number of hydrogen-bond donors (Lipinski definition) is 4. The van der Waals surface area contributed by atoms with Crippen LogP contribution < -0.4 is 10.6 Å². The Morgan fingerprint density at radius 1 is 1.13 bits per heavy atom. The lowest BCUT2D eigenvalue weighted by Gasteiger charge is -2.11. The first-order chi connectivity index (χ1) is 7.06. The fourth-order valence-corrected chi connectivity index (χ4v) is 1.11. The molecule has 0 fully saturated rings. The van der Waals surface area contributed by atoms with Crippen molar-refractivity contribution >= 4 is 12.2 Å². The van der Waals surface area contributed by atoms with Crippen LogP contribution in [0.15, 0.2) is 12.7 Å². The van der Waals surface area contributed by atoms with Crippen molar-refractivity contribution in [2.24, 2.45) is 5.92 Å². The van der Waals surface area contributed by atoms with Gasteiger partial charge in [0.2, 0.25) is 0 Å². The molecule has 0 aliphatic rings. The molecule has 0 aromatic carbocycles. The van der Waals surface area contributed by atoms with Crippen molar-refractivity contribution in [3.8, 4) is 0 Å². The summed E-state index contributed by atoms with van der Waals surface area (Å²) in [5.41, 5.74) is 0. The molecule has 86 valence electrons. The first-order valence-corrected chi connectivity index (χ1v) is 4.62. The number of rotatable bonds is 7. The summed E-state index contributed by atoms with van der Waals surface area (Å²) in [6.07, 6.45) is 0.837. The summed E-state index contributed by atoms with van der Waals surface area (Å²) in [5, 5.41) is 21.1. The van der Waals surface area contributed by atoms with E-state index in [4.69, 9.17) is 10.2 Å². The van der Waals surface area contributed by atoms with E-state index >= 15 is 0 Å². The summed E-state index contributed by atoms with van der Waals surface area (Å²) >= 11 is 0. The van der Waals surface area contributed by atoms with Gasteiger partial charge >= 0.3 is 12.2 Å². The number of allylic oxidation sites excluding steroid dienone is 1. The molecule has 0 aliphatic heterocycles. The molecule has 0 aliphatic carbocycles. The van der Waals surface area contributed by atoms with Gasteiger partial charge in [0.1, 0.15) is 0 Å². The largest absolute Gasteiger partial charge is 0.465 e. The Kier molecular flexibility index (Phi) is 6.78. The molecule has 0 spiro atoms. The van der Waals surface area contributed by atoms with Gasteiger partial charge in [-0.3, -0.25) is 0 Å². The molecule has 2 amide bonds. The van der Waals surface area contributed by atoms with Gasteiger partial charge in [-0.25, -0.2) is 9.59 Å². The van der Waals surface area contributed by atoms with Gasteiger partial charge in [-0.15, -0.1) is 6.58 Å². The van der Waals surface area contributed by atoms with Gasteiger partial charge in [0.05, 0.1) is 0 Å². The lowest BCUT2D eigenvalue weighted by Crippen LogP contribution is -2.26. The Labute approximate surface area is 88.0 Å². The van der Waals surface area contributed by atoms with Crippen LogP contribution in [0.5, 0.6) is 0 Å². The van der Waals surface area contributed by atoms with E-state index in [-0.39, 0.29) is 5.92 Å². The molecule has 0 aromatic heterocycles. The van der Waals surface area contributed by atoms with Gasteiger partial charge in [0, 0.05) is 13.1 Å². The van der Waals surface area contributed by atoms with Crippen LogP contribution in [0, 0.1) is 5.92 Å². The summed E-state index contributed by atoms with van der Waals surface area (Å²) in [4.78, 5) is 20.3. The Bertz CT molecular complexity index is 210. The molecule has 0 bridgehead atoms. The number of carbonyl (C=O) groups is 2. The minimum atomic E-state index is -1.05. The zero-order valence-corrected chi connectivity index (χ0v) is 8.40. The molecule has 0 aromatic rings. The van der Waals surface area contributed by atoms with Crippen LogP contribution in [0.3, 0.4) is 0 Å². The summed E-state index contributed by atoms with van der Waals surface area (Å²) in [5.74, 6) is 0.115. The lowest BCUT2D eigenvalue weighted by molar-refractivity contribution is 0.194. The molecular formula is C9H16N2O4. The number of carboxylic acid groups (broad SMARTS) is 2. The van der Waals surface area contributed by atoms with Gasteiger partial charge in [-0.1, -0.05) is 6.08 Å². The van der Waals surface area contributed by atoms with E-state index in [1.807, 2.05) is 0 Å². The Morgan fingerprint density at radius 2 is 1.53 bits per heavy atom. The van der Waals surface area contributed by atoms with E-state index in [2.05, 4.69) is 17.2 Å². The predicted octanol–water partition coefficient (Wildman–Crippen LogP) is 1.10. The zero-order chi connectivity index (χ0) is 11.7. The van der Waals surface area contributed by atoms with Gasteiger partial charge in [-0.2, -0.15) is 0 Å². The van der Waals surface area contributed by atoms with E-state index in [9.17, 15) is 9.59 Å². The predicted molar refractivity (Wildman–Crippen MR) is 55.0 cm³/mol. The second-order valence-electron chi connectivity index (χ2n) is 3.04. The summed E-state index contributed by atoms with van der Waals surface area (Å²) in [7, 11) is 0. The fraction of sp³-hybridized carbons (Fsp3) is 0.556.